The molecule has 1 amide bonds. The van der Waals surface area contributed by atoms with Gasteiger partial charge in [-0.1, -0.05) is 31.4 Å². The predicted octanol–water partition coefficient (Wildman–Crippen LogP) is 3.59. The highest BCUT2D eigenvalue weighted by atomic mass is 32.2. The molecule has 1 aliphatic carbocycles. The summed E-state index contributed by atoms with van der Waals surface area (Å²) >= 11 is 0. The van der Waals surface area contributed by atoms with Crippen molar-refractivity contribution in [3.8, 4) is 0 Å². The van der Waals surface area contributed by atoms with Crippen LogP contribution in [0.15, 0.2) is 24.3 Å². The van der Waals surface area contributed by atoms with E-state index in [1.54, 1.807) is 12.1 Å². The first-order valence-corrected chi connectivity index (χ1v) is 12.6. The fourth-order valence-corrected chi connectivity index (χ4v) is 5.60. The Hall–Kier alpha value is -1.47. The Morgan fingerprint density at radius 3 is 2.45 bits per heavy atom. The molecule has 1 N–H and O–H groups in total. The Morgan fingerprint density at radius 1 is 1.21 bits per heavy atom. The van der Waals surface area contributed by atoms with Gasteiger partial charge in [-0.15, -0.1) is 0 Å². The second-order valence-corrected chi connectivity index (χ2v) is 10.7. The molecule has 1 aromatic carbocycles. The van der Waals surface area contributed by atoms with Gasteiger partial charge in [-0.25, -0.2) is 17.5 Å². The highest BCUT2D eigenvalue weighted by Crippen LogP contribution is 2.41. The number of piperidine rings is 1. The number of sulfonamides is 1. The van der Waals surface area contributed by atoms with E-state index in [-0.39, 0.29) is 24.3 Å². The van der Waals surface area contributed by atoms with Crippen LogP contribution in [-0.2, 0) is 20.2 Å². The molecule has 1 saturated carbocycles. The lowest BCUT2D eigenvalue weighted by molar-refractivity contribution is -0.139. The third kappa shape index (κ3) is 5.57. The minimum absolute atomic E-state index is 0.123. The molecule has 3 rings (SSSR count). The van der Waals surface area contributed by atoms with Crippen molar-refractivity contribution in [1.82, 2.24) is 9.62 Å². The third-order valence-corrected chi connectivity index (χ3v) is 7.62. The lowest BCUT2D eigenvalue weighted by Gasteiger charge is -2.46. The summed E-state index contributed by atoms with van der Waals surface area (Å²) < 4.78 is 39.0. The number of nitrogens with one attached hydrogen (secondary N) is 1. The van der Waals surface area contributed by atoms with Crippen LogP contribution in [0.2, 0.25) is 0 Å². The monoisotopic (exact) mass is 424 g/mol. The average molecular weight is 425 g/mol. The van der Waals surface area contributed by atoms with Gasteiger partial charge in [0, 0.05) is 31.0 Å². The van der Waals surface area contributed by atoms with Crippen molar-refractivity contribution in [3.63, 3.8) is 0 Å². The quantitative estimate of drug-likeness (QED) is 0.727. The fourth-order valence-electron chi connectivity index (χ4n) is 5.12. The number of likely N-dealkylation sites (tertiary alicyclic amines) is 1. The maximum Gasteiger partial charge on any atom is 0.223 e. The zero-order valence-corrected chi connectivity index (χ0v) is 18.3. The van der Waals surface area contributed by atoms with E-state index >= 15 is 0 Å². The molecule has 29 heavy (non-hydrogen) atoms. The van der Waals surface area contributed by atoms with Crippen LogP contribution < -0.4 is 4.72 Å². The molecule has 0 spiro atoms. The van der Waals surface area contributed by atoms with Crippen LogP contribution >= 0.6 is 0 Å². The standard InChI is InChI=1S/C22H33FN2O3S/c1-17(18-6-4-3-5-7-18)25-15-13-22(16-21(25)26,12-14-24-29(2,27)28)19-8-10-20(23)11-9-19/h8-11,17-18,24H,3-7,12-16H2,1-2H3/t17-,22-/m0/s1. The van der Waals surface area contributed by atoms with E-state index in [0.29, 0.717) is 25.3 Å². The summed E-state index contributed by atoms with van der Waals surface area (Å²) in [5.74, 6) is 0.378. The minimum atomic E-state index is -3.30. The van der Waals surface area contributed by atoms with Gasteiger partial charge in [-0.2, -0.15) is 0 Å². The summed E-state index contributed by atoms with van der Waals surface area (Å²) in [5, 5.41) is 0. The summed E-state index contributed by atoms with van der Waals surface area (Å²) in [7, 11) is -3.30. The Kier molecular flexibility index (Phi) is 6.99. The molecule has 1 aliphatic heterocycles. The molecule has 0 unspecified atom stereocenters. The lowest BCUT2D eigenvalue weighted by Crippen LogP contribution is -2.52. The van der Waals surface area contributed by atoms with Crippen LogP contribution in [-0.4, -0.2) is 44.6 Å². The van der Waals surface area contributed by atoms with Crippen LogP contribution in [0.3, 0.4) is 0 Å². The van der Waals surface area contributed by atoms with E-state index < -0.39 is 15.4 Å². The zero-order chi connectivity index (χ0) is 21.1. The number of hydrogen-bond acceptors (Lipinski definition) is 3. The smallest absolute Gasteiger partial charge is 0.223 e. The molecule has 1 aromatic rings. The van der Waals surface area contributed by atoms with E-state index in [1.165, 1.54) is 44.2 Å². The van der Waals surface area contributed by atoms with Crippen LogP contribution in [0.4, 0.5) is 4.39 Å². The van der Waals surface area contributed by atoms with Crippen LogP contribution in [0.1, 0.15) is 63.9 Å². The van der Waals surface area contributed by atoms with Crippen LogP contribution in [0.5, 0.6) is 0 Å². The van der Waals surface area contributed by atoms with Gasteiger partial charge < -0.3 is 4.90 Å². The number of halogens is 1. The summed E-state index contributed by atoms with van der Waals surface area (Å²) in [5.41, 5.74) is 0.443. The van der Waals surface area contributed by atoms with Gasteiger partial charge in [0.2, 0.25) is 15.9 Å². The minimum Gasteiger partial charge on any atom is -0.340 e. The van der Waals surface area contributed by atoms with Gasteiger partial charge in [-0.3, -0.25) is 4.79 Å². The van der Waals surface area contributed by atoms with E-state index in [2.05, 4.69) is 11.6 Å². The molecule has 2 aliphatic rings. The molecule has 7 heteroatoms. The summed E-state index contributed by atoms with van der Waals surface area (Å²) in [6.45, 7) is 3.10. The largest absolute Gasteiger partial charge is 0.340 e. The van der Waals surface area contributed by atoms with E-state index in [4.69, 9.17) is 0 Å². The number of carbonyl (C=O) groups excluding carboxylic acids is 1. The van der Waals surface area contributed by atoms with E-state index in [1.807, 2.05) is 4.90 Å². The molecule has 0 aromatic heterocycles. The molecule has 2 fully saturated rings. The number of rotatable bonds is 7. The van der Waals surface area contributed by atoms with Gasteiger partial charge in [-0.05, 0) is 56.2 Å². The number of carbonyl (C=O) groups is 1. The molecular weight excluding hydrogens is 391 g/mol. The number of nitrogens with zero attached hydrogens (tertiary/aromatic N) is 1. The Bertz CT molecular complexity index is 806. The normalized spacial score (nSPS) is 25.2. The number of amides is 1. The molecule has 1 saturated heterocycles. The Morgan fingerprint density at radius 2 is 1.86 bits per heavy atom. The highest BCUT2D eigenvalue weighted by molar-refractivity contribution is 7.88. The van der Waals surface area contributed by atoms with E-state index in [0.717, 1.165) is 18.2 Å². The summed E-state index contributed by atoms with van der Waals surface area (Å²) in [6, 6.07) is 6.56. The number of hydrogen-bond donors (Lipinski definition) is 1. The second-order valence-electron chi connectivity index (χ2n) is 8.86. The average Bonchev–Trinajstić information content (AvgIpc) is 2.68. The Balaban J connectivity index is 1.76. The topological polar surface area (TPSA) is 66.5 Å². The first kappa shape index (κ1) is 22.2. The van der Waals surface area contributed by atoms with E-state index in [9.17, 15) is 17.6 Å². The SMILES string of the molecule is C[C@@H](C1CCCCC1)N1CC[C@](CCNS(C)(=O)=O)(c2ccc(F)cc2)CC1=O. The molecule has 2 atom stereocenters. The fraction of sp³-hybridized carbons (Fsp3) is 0.682. The van der Waals surface area contributed by atoms with Crippen LogP contribution in [0, 0.1) is 11.7 Å². The van der Waals surface area contributed by atoms with Gasteiger partial charge >= 0.3 is 0 Å². The van der Waals surface area contributed by atoms with Crippen molar-refractivity contribution in [1.29, 1.82) is 0 Å². The third-order valence-electron chi connectivity index (χ3n) is 6.89. The van der Waals surface area contributed by atoms with Gasteiger partial charge in [0.15, 0.2) is 0 Å². The zero-order valence-electron chi connectivity index (χ0n) is 17.5. The highest BCUT2D eigenvalue weighted by Gasteiger charge is 2.42. The van der Waals surface area contributed by atoms with Gasteiger partial charge in [0.1, 0.15) is 5.82 Å². The van der Waals surface area contributed by atoms with Crippen molar-refractivity contribution < 1.29 is 17.6 Å². The lowest BCUT2D eigenvalue weighted by atomic mass is 9.69. The first-order chi connectivity index (χ1) is 13.7. The van der Waals surface area contributed by atoms with Gasteiger partial charge in [0.25, 0.3) is 0 Å². The molecule has 1 heterocycles. The molecule has 0 radical (unpaired) electrons. The van der Waals surface area contributed by atoms with Gasteiger partial charge in [0.05, 0.1) is 6.26 Å². The molecule has 162 valence electrons. The van der Waals surface area contributed by atoms with Crippen molar-refractivity contribution in [2.75, 3.05) is 19.3 Å². The maximum atomic E-state index is 13.5. The van der Waals surface area contributed by atoms with Crippen molar-refractivity contribution in [2.24, 2.45) is 5.92 Å². The molecule has 5 nitrogen and oxygen atoms in total. The van der Waals surface area contributed by atoms with Crippen molar-refractivity contribution in [2.45, 2.75) is 69.7 Å². The molecular formula is C22H33FN2O3S. The summed E-state index contributed by atoms with van der Waals surface area (Å²) in [4.78, 5) is 15.2. The summed E-state index contributed by atoms with van der Waals surface area (Å²) in [6.07, 6.45) is 8.90. The van der Waals surface area contributed by atoms with Crippen molar-refractivity contribution in [3.05, 3.63) is 35.6 Å². The number of benzene rings is 1. The van der Waals surface area contributed by atoms with Crippen molar-refractivity contribution >= 4 is 15.9 Å². The second kappa shape index (κ2) is 9.13. The maximum absolute atomic E-state index is 13.5. The Labute approximate surface area is 174 Å². The van der Waals surface area contributed by atoms with Crippen LogP contribution in [0.25, 0.3) is 0 Å². The predicted molar refractivity (Wildman–Crippen MR) is 113 cm³/mol. The first-order valence-electron chi connectivity index (χ1n) is 10.7. The molecule has 0 bridgehead atoms.